The number of hydrogen-bond acceptors (Lipinski definition) is 3. The number of halogens is 5. The number of aromatic nitrogens is 2. The Balaban J connectivity index is 1.76. The Kier molecular flexibility index (Phi) is 7.94. The standard InChI is InChI=1S/C26H30F5N3O3S/c1-38(2,3)11-10-37-16-34-14-19(17-4-5-21(28)20(12-17)26(29,30)31)24-22(34)7-9-33(25(24)36)15-23(35)32-8-6-18(27)13-32/h4-5,7,9,12,14,18H,6,8,10-11,13,15-16H2,1-3H3. The fourth-order valence-electron chi connectivity index (χ4n) is 4.37. The van der Waals surface area contributed by atoms with Gasteiger partial charge in [0.05, 0.1) is 29.6 Å². The van der Waals surface area contributed by atoms with Crippen molar-refractivity contribution in [1.29, 1.82) is 0 Å². The molecule has 0 bridgehead atoms. The molecule has 12 heteroatoms. The lowest BCUT2D eigenvalue weighted by Gasteiger charge is -2.24. The highest BCUT2D eigenvalue weighted by atomic mass is 32.3. The zero-order chi connectivity index (χ0) is 27.8. The lowest BCUT2D eigenvalue weighted by Crippen LogP contribution is -2.35. The van der Waals surface area contributed by atoms with Gasteiger partial charge >= 0.3 is 6.18 Å². The summed E-state index contributed by atoms with van der Waals surface area (Å²) in [7, 11) is -0.805. The molecule has 0 radical (unpaired) electrons. The predicted molar refractivity (Wildman–Crippen MR) is 139 cm³/mol. The highest BCUT2D eigenvalue weighted by molar-refractivity contribution is 8.32. The van der Waals surface area contributed by atoms with E-state index in [1.165, 1.54) is 23.4 Å². The Hall–Kier alpha value is -2.86. The van der Waals surface area contributed by atoms with Crippen molar-refractivity contribution in [3.05, 3.63) is 58.4 Å². The molecule has 3 aromatic rings. The van der Waals surface area contributed by atoms with E-state index in [1.807, 2.05) is 0 Å². The van der Waals surface area contributed by atoms with Gasteiger partial charge in [-0.1, -0.05) is 6.07 Å². The first-order valence-corrected chi connectivity index (χ1v) is 15.0. The van der Waals surface area contributed by atoms with Gasteiger partial charge < -0.3 is 18.8 Å². The number of carbonyl (C=O) groups is 1. The van der Waals surface area contributed by atoms with E-state index >= 15 is 0 Å². The summed E-state index contributed by atoms with van der Waals surface area (Å²) in [5, 5.41) is 0.0786. The number of fused-ring (bicyclic) bond motifs is 1. The van der Waals surface area contributed by atoms with E-state index in [-0.39, 0.29) is 49.3 Å². The predicted octanol–water partition coefficient (Wildman–Crippen LogP) is 4.87. The molecule has 1 aliphatic heterocycles. The van der Waals surface area contributed by atoms with Gasteiger partial charge in [0.1, 0.15) is 25.3 Å². The van der Waals surface area contributed by atoms with Crippen molar-refractivity contribution < 1.29 is 31.5 Å². The van der Waals surface area contributed by atoms with Gasteiger partial charge in [0.15, 0.2) is 0 Å². The second-order valence-corrected chi connectivity index (χ2v) is 14.9. The Morgan fingerprint density at radius 2 is 1.89 bits per heavy atom. The molecular formula is C26H30F5N3O3S. The molecule has 2 aromatic heterocycles. The number of amides is 1. The van der Waals surface area contributed by atoms with Gasteiger partial charge in [0.25, 0.3) is 5.56 Å². The highest BCUT2D eigenvalue weighted by Crippen LogP contribution is 2.37. The Bertz CT molecular complexity index is 1390. The number of nitrogens with zero attached hydrogens (tertiary/aromatic N) is 3. The van der Waals surface area contributed by atoms with Crippen molar-refractivity contribution in [1.82, 2.24) is 14.0 Å². The molecule has 6 nitrogen and oxygen atoms in total. The molecule has 1 fully saturated rings. The first-order chi connectivity index (χ1) is 17.7. The maximum absolute atomic E-state index is 14.0. The molecule has 0 N–H and O–H groups in total. The van der Waals surface area contributed by atoms with E-state index < -0.39 is 45.2 Å². The van der Waals surface area contributed by atoms with Crippen molar-refractivity contribution in [3.8, 4) is 11.1 Å². The monoisotopic (exact) mass is 559 g/mol. The van der Waals surface area contributed by atoms with Crippen LogP contribution in [0.1, 0.15) is 12.0 Å². The number of hydrogen-bond donors (Lipinski definition) is 0. The summed E-state index contributed by atoms with van der Waals surface area (Å²) in [4.78, 5) is 27.5. The second-order valence-electron chi connectivity index (χ2n) is 10.3. The van der Waals surface area contributed by atoms with E-state index in [0.29, 0.717) is 18.2 Å². The molecule has 0 saturated carbocycles. The van der Waals surface area contributed by atoms with Gasteiger partial charge in [-0.05, 0) is 49.0 Å². The molecule has 38 heavy (non-hydrogen) atoms. The number of alkyl halides is 4. The maximum atomic E-state index is 14.0. The van der Waals surface area contributed by atoms with Crippen LogP contribution in [0.15, 0.2) is 41.5 Å². The van der Waals surface area contributed by atoms with Crippen LogP contribution in [-0.2, 0) is 29.0 Å². The van der Waals surface area contributed by atoms with Crippen molar-refractivity contribution in [2.45, 2.75) is 32.0 Å². The Labute approximate surface area is 218 Å². The second kappa shape index (κ2) is 10.7. The number of benzene rings is 1. The fraction of sp³-hybridized carbons (Fsp3) is 0.462. The van der Waals surface area contributed by atoms with Gasteiger partial charge in [-0.3, -0.25) is 9.59 Å². The largest absolute Gasteiger partial charge is 0.419 e. The molecule has 1 amide bonds. The molecule has 3 heterocycles. The molecule has 0 spiro atoms. The van der Waals surface area contributed by atoms with Crippen molar-refractivity contribution in [3.63, 3.8) is 0 Å². The first-order valence-electron chi connectivity index (χ1n) is 12.0. The summed E-state index contributed by atoms with van der Waals surface area (Å²) >= 11 is 0. The summed E-state index contributed by atoms with van der Waals surface area (Å²) in [5.41, 5.74) is -1.48. The number of pyridine rings is 1. The zero-order valence-electron chi connectivity index (χ0n) is 21.4. The van der Waals surface area contributed by atoms with Crippen LogP contribution in [0.25, 0.3) is 22.0 Å². The van der Waals surface area contributed by atoms with E-state index in [2.05, 4.69) is 18.8 Å². The molecule has 4 rings (SSSR count). The third-order valence-corrected chi connectivity index (χ3v) is 7.84. The van der Waals surface area contributed by atoms with Crippen molar-refractivity contribution in [2.24, 2.45) is 0 Å². The van der Waals surface area contributed by atoms with Gasteiger partial charge in [0.2, 0.25) is 5.91 Å². The molecule has 1 unspecified atom stereocenters. The highest BCUT2D eigenvalue weighted by Gasteiger charge is 2.34. The van der Waals surface area contributed by atoms with Crippen LogP contribution in [0.2, 0.25) is 0 Å². The first kappa shape index (κ1) is 28.2. The van der Waals surface area contributed by atoms with Crippen LogP contribution in [0.3, 0.4) is 0 Å². The smallest absolute Gasteiger partial charge is 0.360 e. The Morgan fingerprint density at radius 3 is 2.53 bits per heavy atom. The third kappa shape index (κ3) is 6.23. The maximum Gasteiger partial charge on any atom is 0.419 e. The van der Waals surface area contributed by atoms with Gasteiger partial charge in [-0.25, -0.2) is 18.8 Å². The van der Waals surface area contributed by atoms with Crippen LogP contribution in [0, 0.1) is 5.82 Å². The summed E-state index contributed by atoms with van der Waals surface area (Å²) in [6, 6.07) is 4.16. The average molecular weight is 560 g/mol. The summed E-state index contributed by atoms with van der Waals surface area (Å²) in [6.45, 7) is 0.379. The van der Waals surface area contributed by atoms with Gasteiger partial charge in [-0.15, -0.1) is 0 Å². The van der Waals surface area contributed by atoms with E-state index in [9.17, 15) is 31.5 Å². The molecule has 1 saturated heterocycles. The molecule has 1 aromatic carbocycles. The van der Waals surface area contributed by atoms with Crippen LogP contribution in [-0.4, -0.2) is 70.3 Å². The summed E-state index contributed by atoms with van der Waals surface area (Å²) in [6.07, 6.45) is 3.56. The third-order valence-electron chi connectivity index (χ3n) is 6.45. The van der Waals surface area contributed by atoms with E-state index in [1.54, 1.807) is 10.6 Å². The molecular weight excluding hydrogens is 529 g/mol. The molecule has 1 aliphatic rings. The SMILES string of the molecule is CS(C)(C)CCOCn1cc(-c2ccc(F)c(C(F)(F)F)c2)c2c(=O)n(CC(=O)N3CCC(F)C3)ccc21. The van der Waals surface area contributed by atoms with Crippen molar-refractivity contribution >= 4 is 26.8 Å². The van der Waals surface area contributed by atoms with Gasteiger partial charge in [-0.2, -0.15) is 13.2 Å². The Morgan fingerprint density at radius 1 is 1.16 bits per heavy atom. The van der Waals surface area contributed by atoms with E-state index in [0.717, 1.165) is 16.4 Å². The number of ether oxygens (including phenoxy) is 1. The number of likely N-dealkylation sites (tertiary alicyclic amines) is 1. The lowest BCUT2D eigenvalue weighted by molar-refractivity contribution is -0.140. The quantitative estimate of drug-likeness (QED) is 0.293. The van der Waals surface area contributed by atoms with Crippen LogP contribution >= 0.6 is 10.0 Å². The minimum Gasteiger partial charge on any atom is -0.360 e. The summed E-state index contributed by atoms with van der Waals surface area (Å²) < 4.78 is 76.4. The fourth-order valence-corrected chi connectivity index (χ4v) is 4.99. The lowest BCUT2D eigenvalue weighted by atomic mass is 10.0. The number of carbonyl (C=O) groups excluding carboxylic acids is 1. The van der Waals surface area contributed by atoms with Gasteiger partial charge in [0, 0.05) is 30.3 Å². The molecule has 1 atom stereocenters. The topological polar surface area (TPSA) is 56.5 Å². The van der Waals surface area contributed by atoms with Crippen LogP contribution in [0.5, 0.6) is 0 Å². The van der Waals surface area contributed by atoms with Crippen LogP contribution < -0.4 is 5.56 Å². The zero-order valence-corrected chi connectivity index (χ0v) is 22.2. The van der Waals surface area contributed by atoms with Crippen LogP contribution in [0.4, 0.5) is 22.0 Å². The minimum absolute atomic E-state index is 0.00241. The summed E-state index contributed by atoms with van der Waals surface area (Å²) in [5.74, 6) is -1.00. The normalized spacial score (nSPS) is 16.9. The molecule has 0 aliphatic carbocycles. The molecule has 208 valence electrons. The number of rotatable bonds is 8. The van der Waals surface area contributed by atoms with E-state index in [4.69, 9.17) is 4.74 Å². The minimum atomic E-state index is -4.92. The van der Waals surface area contributed by atoms with Crippen molar-refractivity contribution in [2.75, 3.05) is 44.2 Å². The average Bonchev–Trinajstić information content (AvgIpc) is 3.42.